The second-order valence-electron chi connectivity index (χ2n) is 2.77. The fourth-order valence-corrected chi connectivity index (χ4v) is 3.52. The molecule has 0 unspecified atom stereocenters. The van der Waals surface area contributed by atoms with Gasteiger partial charge in [0.05, 0.1) is 0 Å². The monoisotopic (exact) mass is 339 g/mol. The molecular formula is C8H18MoO2PS2. The van der Waals surface area contributed by atoms with Gasteiger partial charge in [-0.2, -0.15) is 11.8 Å². The van der Waals surface area contributed by atoms with Crippen LogP contribution in [0.2, 0.25) is 9.62 Å². The summed E-state index contributed by atoms with van der Waals surface area (Å²) in [4.78, 5) is 21.7. The zero-order valence-corrected chi connectivity index (χ0v) is 13.3. The number of unbranched alkanes of at least 4 members (excludes halogenated alkanes) is 2. The van der Waals surface area contributed by atoms with Crippen LogP contribution in [0.15, 0.2) is 0 Å². The zero-order valence-electron chi connectivity index (χ0n) is 8.73. The molecule has 14 heavy (non-hydrogen) atoms. The molecule has 0 spiro atoms. The van der Waals surface area contributed by atoms with Crippen LogP contribution in [-0.2, 0) is 42.6 Å². The standard InChI is InChI=1S/2C4H9.Mo.H3O2PS2/c2*1-3-4-2;;1-3(2,4)5/h2*1,3-4H2,2H3;;(H3,1,2,4,5)/q;;+3;/p-3. The number of hydrogen-bond donors (Lipinski definition) is 0. The van der Waals surface area contributed by atoms with Crippen LogP contribution < -0.4 is 9.79 Å². The van der Waals surface area contributed by atoms with E-state index in [1.807, 2.05) is 0 Å². The van der Waals surface area contributed by atoms with Gasteiger partial charge in [0, 0.05) is 0 Å². The molecule has 0 saturated carbocycles. The molecule has 2 nitrogen and oxygen atoms in total. The van der Waals surface area contributed by atoms with Crippen molar-refractivity contribution in [3.05, 3.63) is 0 Å². The van der Waals surface area contributed by atoms with Crippen molar-refractivity contribution in [3.8, 4) is 0 Å². The summed E-state index contributed by atoms with van der Waals surface area (Å²) in [5.41, 5.74) is -3.72. The minimum Gasteiger partial charge on any atom is -0.850 e. The van der Waals surface area contributed by atoms with Crippen molar-refractivity contribution in [2.45, 2.75) is 49.2 Å². The molecule has 0 aromatic rings. The van der Waals surface area contributed by atoms with Crippen molar-refractivity contribution in [2.75, 3.05) is 0 Å². The van der Waals surface area contributed by atoms with Gasteiger partial charge in [-0.15, -0.1) is 0 Å². The van der Waals surface area contributed by atoms with Gasteiger partial charge in [0.15, 0.2) is 0 Å². The Labute approximate surface area is 107 Å². The molecule has 0 aliphatic carbocycles. The quantitative estimate of drug-likeness (QED) is 0.322. The van der Waals surface area contributed by atoms with E-state index < -0.39 is 5.69 Å². The summed E-state index contributed by atoms with van der Waals surface area (Å²) in [6.45, 7) is 4.57. The first-order valence-electron chi connectivity index (χ1n) is 4.72. The fourth-order valence-electron chi connectivity index (χ4n) is 0.595. The normalized spacial score (nSPS) is 10.1. The Morgan fingerprint density at radius 3 is 1.64 bits per heavy atom. The van der Waals surface area contributed by atoms with Gasteiger partial charge in [-0.25, -0.2) is 0 Å². The first-order chi connectivity index (χ1) is 6.41. The van der Waals surface area contributed by atoms with E-state index >= 15 is 0 Å². The second kappa shape index (κ2) is 12.7. The average molecular weight is 337 g/mol. The van der Waals surface area contributed by atoms with Gasteiger partial charge in [0.1, 0.15) is 0 Å². The molecule has 0 aliphatic heterocycles. The maximum Gasteiger partial charge on any atom is -0.160 e. The molecule has 0 aromatic heterocycles. The number of rotatable bonds is 6. The second-order valence-corrected chi connectivity index (χ2v) is 10.2. The molecule has 0 N–H and O–H groups in total. The fraction of sp³-hybridized carbons (Fsp3) is 1.00. The van der Waals surface area contributed by atoms with Crippen LogP contribution >= 0.6 is 5.69 Å². The minimum atomic E-state index is -3.72. The average Bonchev–Trinajstić information content (AvgIpc) is 2.01. The Bertz CT molecular complexity index is 138. The Hall–Kier alpha value is 1.61. The SMILES string of the molecule is CCC[CH2][Mo+3][CH2]CCC.[O-]P([O-])(=S)[S-]. The molecule has 0 atom stereocenters. The van der Waals surface area contributed by atoms with E-state index in [4.69, 9.17) is 0 Å². The molecule has 0 amide bonds. The third-order valence-corrected chi connectivity index (χ3v) is 4.12. The first-order valence-corrected chi connectivity index (χ1v) is 11.2. The summed E-state index contributed by atoms with van der Waals surface area (Å²) in [5, 5.41) is 0. The molecule has 0 aromatic carbocycles. The van der Waals surface area contributed by atoms with Crippen LogP contribution in [0.1, 0.15) is 39.5 Å². The molecule has 0 fully saturated rings. The Balaban J connectivity index is 0. The van der Waals surface area contributed by atoms with E-state index in [0.29, 0.717) is 18.6 Å². The van der Waals surface area contributed by atoms with Crippen molar-refractivity contribution < 1.29 is 28.3 Å². The third-order valence-electron chi connectivity index (χ3n) is 1.28. The first kappa shape index (κ1) is 18.0. The van der Waals surface area contributed by atoms with Crippen molar-refractivity contribution in [3.63, 3.8) is 0 Å². The van der Waals surface area contributed by atoms with E-state index in [-0.39, 0.29) is 0 Å². The van der Waals surface area contributed by atoms with E-state index in [1.165, 1.54) is 25.7 Å². The Kier molecular flexibility index (Phi) is 16.3. The molecule has 0 heterocycles. The molecule has 6 heteroatoms. The largest absolute Gasteiger partial charge is 0.850 e. The summed E-state index contributed by atoms with van der Waals surface area (Å²) in [5.74, 6) is 0. The summed E-state index contributed by atoms with van der Waals surface area (Å²) in [7, 11) is 0. The van der Waals surface area contributed by atoms with Crippen LogP contribution in [0.4, 0.5) is 0 Å². The third kappa shape index (κ3) is 37.4. The molecule has 0 saturated heterocycles. The van der Waals surface area contributed by atoms with E-state index in [0.717, 1.165) is 0 Å². The van der Waals surface area contributed by atoms with Gasteiger partial charge in [-0.05, 0) is 0 Å². The van der Waals surface area contributed by atoms with E-state index in [2.05, 4.69) is 37.9 Å². The van der Waals surface area contributed by atoms with Crippen molar-refractivity contribution in [1.82, 2.24) is 0 Å². The van der Waals surface area contributed by atoms with Crippen molar-refractivity contribution >= 4 is 29.7 Å². The molecule has 0 aliphatic rings. The summed E-state index contributed by atoms with van der Waals surface area (Å²) >= 11 is 7.74. The maximum absolute atomic E-state index is 9.29. The van der Waals surface area contributed by atoms with Crippen LogP contribution in [-0.4, -0.2) is 0 Å². The summed E-state index contributed by atoms with van der Waals surface area (Å²) in [6.07, 6.45) is 5.78. The molecule has 0 rings (SSSR count). The van der Waals surface area contributed by atoms with Gasteiger partial charge >= 0.3 is 67.7 Å². The van der Waals surface area contributed by atoms with Gasteiger partial charge in [0.2, 0.25) is 0 Å². The van der Waals surface area contributed by atoms with Gasteiger partial charge in [0.25, 0.3) is 0 Å². The van der Waals surface area contributed by atoms with E-state index in [1.54, 1.807) is 9.62 Å². The zero-order chi connectivity index (χ0) is 11.4. The summed E-state index contributed by atoms with van der Waals surface area (Å²) < 4.78 is 0. The van der Waals surface area contributed by atoms with Crippen molar-refractivity contribution in [1.29, 1.82) is 0 Å². The molecule has 85 valence electrons. The topological polar surface area (TPSA) is 46.1 Å². The van der Waals surface area contributed by atoms with E-state index in [9.17, 15) is 9.79 Å². The van der Waals surface area contributed by atoms with Gasteiger partial charge in [-0.3, -0.25) is 0 Å². The van der Waals surface area contributed by atoms with Crippen LogP contribution in [0.3, 0.4) is 0 Å². The maximum atomic E-state index is 9.29. The molecule has 0 bridgehead atoms. The predicted molar refractivity (Wildman–Crippen MR) is 61.1 cm³/mol. The Morgan fingerprint density at radius 1 is 1.14 bits per heavy atom. The van der Waals surface area contributed by atoms with Crippen molar-refractivity contribution in [2.24, 2.45) is 0 Å². The number of hydrogen-bond acceptors (Lipinski definition) is 4. The van der Waals surface area contributed by atoms with Crippen LogP contribution in [0.25, 0.3) is 0 Å². The Morgan fingerprint density at radius 2 is 1.43 bits per heavy atom. The predicted octanol–water partition coefficient (Wildman–Crippen LogP) is 1.98. The van der Waals surface area contributed by atoms with Crippen LogP contribution in [0, 0.1) is 0 Å². The smallest absolute Gasteiger partial charge is 0.160 e. The molecular weight excluding hydrogens is 319 g/mol. The van der Waals surface area contributed by atoms with Crippen LogP contribution in [0.5, 0.6) is 0 Å². The summed E-state index contributed by atoms with van der Waals surface area (Å²) in [6, 6.07) is 0. The minimum absolute atomic E-state index is 0.458. The van der Waals surface area contributed by atoms with Gasteiger partial charge in [-0.1, -0.05) is 0 Å². The van der Waals surface area contributed by atoms with Gasteiger partial charge < -0.3 is 27.7 Å². The molecule has 0 radical (unpaired) electrons.